The van der Waals surface area contributed by atoms with Crippen LogP contribution in [0.5, 0.6) is 0 Å². The Labute approximate surface area is 67.0 Å². The highest BCUT2D eigenvalue weighted by atomic mass is 16.4. The average molecular weight is 160 g/mol. The second-order valence-corrected chi connectivity index (χ2v) is 2.88. The van der Waals surface area contributed by atoms with E-state index >= 15 is 0 Å². The van der Waals surface area contributed by atoms with E-state index in [0.717, 1.165) is 0 Å². The molecule has 3 nitrogen and oxygen atoms in total. The van der Waals surface area contributed by atoms with Crippen molar-refractivity contribution in [1.82, 2.24) is 0 Å². The molecule has 0 fully saturated rings. The van der Waals surface area contributed by atoms with Crippen molar-refractivity contribution in [2.24, 2.45) is 5.92 Å². The standard InChI is InChI=1S/C8H16O3/c1-3-7(9)5-4-6(2)8(10)11/h6-7,9H,3-5H2,1-2H3,(H,10,11)/t6-,7?/m1/s1. The van der Waals surface area contributed by atoms with Crippen LogP contribution in [-0.2, 0) is 4.79 Å². The van der Waals surface area contributed by atoms with Gasteiger partial charge in [-0.3, -0.25) is 4.79 Å². The molecule has 1 unspecified atom stereocenters. The van der Waals surface area contributed by atoms with Crippen LogP contribution in [0.25, 0.3) is 0 Å². The lowest BCUT2D eigenvalue weighted by Crippen LogP contribution is -2.13. The highest BCUT2D eigenvalue weighted by Crippen LogP contribution is 2.09. The van der Waals surface area contributed by atoms with Gasteiger partial charge in [-0.15, -0.1) is 0 Å². The monoisotopic (exact) mass is 160 g/mol. The quantitative estimate of drug-likeness (QED) is 0.636. The molecule has 66 valence electrons. The van der Waals surface area contributed by atoms with Crippen LogP contribution < -0.4 is 0 Å². The van der Waals surface area contributed by atoms with Gasteiger partial charge in [0.15, 0.2) is 0 Å². The van der Waals surface area contributed by atoms with E-state index in [2.05, 4.69) is 0 Å². The molecule has 3 heteroatoms. The third-order valence-corrected chi connectivity index (χ3v) is 1.83. The zero-order valence-electron chi connectivity index (χ0n) is 7.08. The van der Waals surface area contributed by atoms with Gasteiger partial charge in [-0.25, -0.2) is 0 Å². The first kappa shape index (κ1) is 10.4. The van der Waals surface area contributed by atoms with Crippen LogP contribution in [0.2, 0.25) is 0 Å². The smallest absolute Gasteiger partial charge is 0.306 e. The van der Waals surface area contributed by atoms with E-state index in [0.29, 0.717) is 19.3 Å². The Kier molecular flexibility index (Phi) is 4.86. The number of aliphatic carboxylic acids is 1. The summed E-state index contributed by atoms with van der Waals surface area (Å²) in [4.78, 5) is 10.3. The van der Waals surface area contributed by atoms with Crippen LogP contribution in [0.3, 0.4) is 0 Å². The second kappa shape index (κ2) is 5.13. The molecule has 0 bridgehead atoms. The minimum Gasteiger partial charge on any atom is -0.481 e. The molecule has 2 atom stereocenters. The molecule has 0 aliphatic rings. The van der Waals surface area contributed by atoms with Gasteiger partial charge in [0.1, 0.15) is 0 Å². The zero-order chi connectivity index (χ0) is 8.85. The van der Waals surface area contributed by atoms with Gasteiger partial charge in [0.25, 0.3) is 0 Å². The number of rotatable bonds is 5. The fraction of sp³-hybridized carbons (Fsp3) is 0.875. The topological polar surface area (TPSA) is 57.5 Å². The van der Waals surface area contributed by atoms with E-state index < -0.39 is 5.97 Å². The van der Waals surface area contributed by atoms with Crippen molar-refractivity contribution in [2.75, 3.05) is 0 Å². The summed E-state index contributed by atoms with van der Waals surface area (Å²) in [5, 5.41) is 17.6. The van der Waals surface area contributed by atoms with Crippen molar-refractivity contribution >= 4 is 5.97 Å². The fourth-order valence-electron chi connectivity index (χ4n) is 0.770. The van der Waals surface area contributed by atoms with Crippen molar-refractivity contribution < 1.29 is 15.0 Å². The van der Waals surface area contributed by atoms with E-state index in [1.165, 1.54) is 0 Å². The van der Waals surface area contributed by atoms with Crippen molar-refractivity contribution in [3.63, 3.8) is 0 Å². The van der Waals surface area contributed by atoms with Crippen LogP contribution >= 0.6 is 0 Å². The first-order chi connectivity index (χ1) is 5.07. The lowest BCUT2D eigenvalue weighted by atomic mass is 10.0. The van der Waals surface area contributed by atoms with Crippen LogP contribution in [0.15, 0.2) is 0 Å². The van der Waals surface area contributed by atoms with Gasteiger partial charge >= 0.3 is 5.97 Å². The largest absolute Gasteiger partial charge is 0.481 e. The maximum atomic E-state index is 10.3. The zero-order valence-corrected chi connectivity index (χ0v) is 7.08. The summed E-state index contributed by atoms with van der Waals surface area (Å²) in [6.07, 6.45) is 1.51. The summed E-state index contributed by atoms with van der Waals surface area (Å²) < 4.78 is 0. The number of aliphatic hydroxyl groups excluding tert-OH is 1. The molecule has 11 heavy (non-hydrogen) atoms. The summed E-state index contributed by atoms with van der Waals surface area (Å²) in [6, 6.07) is 0. The van der Waals surface area contributed by atoms with E-state index in [1.54, 1.807) is 6.92 Å². The summed E-state index contributed by atoms with van der Waals surface area (Å²) in [5.41, 5.74) is 0. The van der Waals surface area contributed by atoms with Crippen molar-refractivity contribution in [2.45, 2.75) is 39.2 Å². The molecule has 0 saturated carbocycles. The minimum absolute atomic E-state index is 0.336. The molecule has 0 aromatic heterocycles. The molecule has 0 aliphatic carbocycles. The number of carboxylic acids is 1. The lowest BCUT2D eigenvalue weighted by molar-refractivity contribution is -0.141. The predicted molar refractivity (Wildman–Crippen MR) is 42.3 cm³/mol. The maximum absolute atomic E-state index is 10.3. The molecular formula is C8H16O3. The number of hydrogen-bond donors (Lipinski definition) is 2. The van der Waals surface area contributed by atoms with Gasteiger partial charge in [0.2, 0.25) is 0 Å². The van der Waals surface area contributed by atoms with Gasteiger partial charge in [-0.1, -0.05) is 13.8 Å². The number of hydrogen-bond acceptors (Lipinski definition) is 2. The molecule has 0 amide bonds. The Hall–Kier alpha value is -0.570. The molecular weight excluding hydrogens is 144 g/mol. The van der Waals surface area contributed by atoms with Gasteiger partial charge in [0.05, 0.1) is 12.0 Å². The highest BCUT2D eigenvalue weighted by molar-refractivity contribution is 5.69. The number of aliphatic hydroxyl groups is 1. The summed E-state index contributed by atoms with van der Waals surface area (Å²) in [5.74, 6) is -1.12. The fourth-order valence-corrected chi connectivity index (χ4v) is 0.770. The van der Waals surface area contributed by atoms with Gasteiger partial charge < -0.3 is 10.2 Å². The molecule has 0 heterocycles. The minimum atomic E-state index is -0.784. The molecule has 0 aromatic rings. The molecule has 0 spiro atoms. The Morgan fingerprint density at radius 3 is 2.36 bits per heavy atom. The van der Waals surface area contributed by atoms with E-state index in [4.69, 9.17) is 10.2 Å². The number of carboxylic acid groups (broad SMARTS) is 1. The molecule has 0 aromatic carbocycles. The second-order valence-electron chi connectivity index (χ2n) is 2.88. The van der Waals surface area contributed by atoms with Gasteiger partial charge in [-0.05, 0) is 19.3 Å². The van der Waals surface area contributed by atoms with E-state index in [1.807, 2.05) is 6.92 Å². The first-order valence-electron chi connectivity index (χ1n) is 3.98. The highest BCUT2D eigenvalue weighted by Gasteiger charge is 2.12. The van der Waals surface area contributed by atoms with Crippen molar-refractivity contribution in [3.8, 4) is 0 Å². The number of carbonyl (C=O) groups is 1. The van der Waals surface area contributed by atoms with E-state index in [-0.39, 0.29) is 12.0 Å². The van der Waals surface area contributed by atoms with Crippen molar-refractivity contribution in [1.29, 1.82) is 0 Å². The van der Waals surface area contributed by atoms with Gasteiger partial charge in [0, 0.05) is 0 Å². The van der Waals surface area contributed by atoms with Crippen LogP contribution in [-0.4, -0.2) is 22.3 Å². The Bertz CT molecular complexity index is 123. The predicted octanol–water partition coefficient (Wildman–Crippen LogP) is 1.26. The van der Waals surface area contributed by atoms with Crippen LogP contribution in [0.1, 0.15) is 33.1 Å². The summed E-state index contributed by atoms with van der Waals surface area (Å²) in [7, 11) is 0. The molecule has 2 N–H and O–H groups in total. The van der Waals surface area contributed by atoms with Crippen molar-refractivity contribution in [3.05, 3.63) is 0 Å². The van der Waals surface area contributed by atoms with Crippen LogP contribution in [0.4, 0.5) is 0 Å². The molecule has 0 aliphatic heterocycles. The van der Waals surface area contributed by atoms with E-state index in [9.17, 15) is 4.79 Å². The average Bonchev–Trinajstić information content (AvgIpc) is 1.99. The normalized spacial score (nSPS) is 15.9. The summed E-state index contributed by atoms with van der Waals surface area (Å²) in [6.45, 7) is 3.54. The molecule has 0 saturated heterocycles. The SMILES string of the molecule is CCC(O)CC[C@@H](C)C(=O)O. The van der Waals surface area contributed by atoms with Crippen LogP contribution in [0, 0.1) is 5.92 Å². The Morgan fingerprint density at radius 2 is 2.00 bits per heavy atom. The molecule has 0 radical (unpaired) electrons. The third-order valence-electron chi connectivity index (χ3n) is 1.83. The lowest BCUT2D eigenvalue weighted by Gasteiger charge is -2.09. The maximum Gasteiger partial charge on any atom is 0.306 e. The first-order valence-corrected chi connectivity index (χ1v) is 3.98. The Morgan fingerprint density at radius 1 is 1.45 bits per heavy atom. The Balaban J connectivity index is 3.45. The van der Waals surface area contributed by atoms with Gasteiger partial charge in [-0.2, -0.15) is 0 Å². The molecule has 0 rings (SSSR count). The third kappa shape index (κ3) is 4.79. The summed E-state index contributed by atoms with van der Waals surface area (Å²) >= 11 is 0.